The molecule has 0 spiro atoms. The van der Waals surface area contributed by atoms with Gasteiger partial charge in [-0.3, -0.25) is 14.9 Å². The lowest BCUT2D eigenvalue weighted by atomic mass is 10.2. The van der Waals surface area contributed by atoms with E-state index in [1.165, 1.54) is 35.4 Å². The fourth-order valence-electron chi connectivity index (χ4n) is 1.82. The van der Waals surface area contributed by atoms with E-state index in [1.54, 1.807) is 6.07 Å². The molecule has 0 aliphatic rings. The van der Waals surface area contributed by atoms with E-state index in [0.29, 0.717) is 11.4 Å². The minimum Gasteiger partial charge on any atom is -0.465 e. The number of hydrogen-bond donors (Lipinski definition) is 0. The van der Waals surface area contributed by atoms with Gasteiger partial charge in [0.05, 0.1) is 18.2 Å². The maximum absolute atomic E-state index is 11.5. The molecule has 0 aromatic carbocycles. The highest BCUT2D eigenvalue weighted by Gasteiger charge is 2.15. The smallest absolute Gasteiger partial charge is 0.348 e. The minimum atomic E-state index is -0.709. The number of carbonyl (C=O) groups is 1. The fourth-order valence-corrected chi connectivity index (χ4v) is 2.77. The van der Waals surface area contributed by atoms with E-state index in [1.807, 2.05) is 6.92 Å². The van der Waals surface area contributed by atoms with Gasteiger partial charge in [0.2, 0.25) is 0 Å². The Morgan fingerprint density at radius 3 is 2.86 bits per heavy atom. The molecule has 0 saturated carbocycles. The summed E-state index contributed by atoms with van der Waals surface area (Å²) in [4.78, 5) is 34.3. The monoisotopic (exact) mass is 308 g/mol. The summed E-state index contributed by atoms with van der Waals surface area (Å²) in [5.41, 5.74) is -0.259. The zero-order valence-corrected chi connectivity index (χ0v) is 12.2. The topological polar surface area (TPSA) is 91.4 Å². The van der Waals surface area contributed by atoms with Crippen LogP contribution in [0, 0.1) is 17.0 Å². The maximum Gasteiger partial charge on any atom is 0.348 e. The highest BCUT2D eigenvalue weighted by molar-refractivity contribution is 7.14. The van der Waals surface area contributed by atoms with Crippen LogP contribution in [0.3, 0.4) is 0 Å². The number of carbonyl (C=O) groups excluding carboxylic acids is 1. The number of ether oxygens (including phenoxy) is 1. The maximum atomic E-state index is 11.5. The third-order valence-electron chi connectivity index (χ3n) is 2.91. The Morgan fingerprint density at radius 2 is 2.24 bits per heavy atom. The number of pyridine rings is 1. The molecule has 2 aromatic heterocycles. The molecule has 110 valence electrons. The van der Waals surface area contributed by atoms with Crippen LogP contribution in [-0.2, 0) is 11.3 Å². The van der Waals surface area contributed by atoms with Crippen LogP contribution in [0.2, 0.25) is 0 Å². The molecule has 8 heteroatoms. The summed E-state index contributed by atoms with van der Waals surface area (Å²) < 4.78 is 6.19. The lowest BCUT2D eigenvalue weighted by Crippen LogP contribution is -2.11. The van der Waals surface area contributed by atoms with Crippen molar-refractivity contribution in [2.75, 3.05) is 7.11 Å². The first-order valence-electron chi connectivity index (χ1n) is 5.94. The molecule has 21 heavy (non-hydrogen) atoms. The second kappa shape index (κ2) is 5.88. The van der Waals surface area contributed by atoms with Crippen LogP contribution in [0.1, 0.15) is 20.1 Å². The van der Waals surface area contributed by atoms with Crippen molar-refractivity contribution in [3.05, 3.63) is 60.2 Å². The van der Waals surface area contributed by atoms with Crippen LogP contribution >= 0.6 is 11.3 Å². The number of hydrogen-bond acceptors (Lipinski definition) is 6. The van der Waals surface area contributed by atoms with Crippen LogP contribution in [0.5, 0.6) is 0 Å². The Kier molecular flexibility index (Phi) is 4.18. The number of esters is 1. The molecular weight excluding hydrogens is 296 g/mol. The molecular formula is C13H12N2O5S. The summed E-state index contributed by atoms with van der Waals surface area (Å²) in [6.45, 7) is 2.18. The van der Waals surface area contributed by atoms with E-state index in [4.69, 9.17) is 0 Å². The van der Waals surface area contributed by atoms with Crippen LogP contribution < -0.4 is 5.43 Å². The average molecular weight is 308 g/mol. The standard InChI is InChI=1S/C13H12N2O5S/c1-8-9(5-12(21-8)13(17)20-2)6-14-4-3-11(16)10(7-14)15(18)19/h3-5,7H,6H2,1-2H3. The average Bonchev–Trinajstić information content (AvgIpc) is 2.81. The van der Waals surface area contributed by atoms with Gasteiger partial charge in [0.15, 0.2) is 0 Å². The number of rotatable bonds is 4. The predicted octanol–water partition coefficient (Wildman–Crippen LogP) is 1.96. The van der Waals surface area contributed by atoms with E-state index in [-0.39, 0.29) is 0 Å². The van der Waals surface area contributed by atoms with Crippen molar-refractivity contribution >= 4 is 23.0 Å². The third kappa shape index (κ3) is 3.16. The van der Waals surface area contributed by atoms with Crippen LogP contribution in [0.4, 0.5) is 5.69 Å². The van der Waals surface area contributed by atoms with E-state index in [0.717, 1.165) is 16.5 Å². The summed E-state index contributed by atoms with van der Waals surface area (Å²) in [6, 6.07) is 2.84. The van der Waals surface area contributed by atoms with E-state index in [2.05, 4.69) is 4.74 Å². The molecule has 0 aliphatic heterocycles. The first-order valence-corrected chi connectivity index (χ1v) is 6.76. The molecule has 0 fully saturated rings. The van der Waals surface area contributed by atoms with E-state index < -0.39 is 22.0 Å². The molecule has 0 unspecified atom stereocenters. The van der Waals surface area contributed by atoms with Gasteiger partial charge in [-0.25, -0.2) is 4.79 Å². The highest BCUT2D eigenvalue weighted by Crippen LogP contribution is 2.23. The number of nitrogens with zero attached hydrogens (tertiary/aromatic N) is 2. The van der Waals surface area contributed by atoms with Gasteiger partial charge in [0.25, 0.3) is 5.43 Å². The summed E-state index contributed by atoms with van der Waals surface area (Å²) in [5, 5.41) is 10.8. The first-order chi connectivity index (χ1) is 9.92. The van der Waals surface area contributed by atoms with Gasteiger partial charge in [-0.2, -0.15) is 0 Å². The minimum absolute atomic E-state index is 0.334. The van der Waals surface area contributed by atoms with E-state index >= 15 is 0 Å². The quantitative estimate of drug-likeness (QED) is 0.489. The first kappa shape index (κ1) is 14.9. The largest absolute Gasteiger partial charge is 0.465 e. The normalized spacial score (nSPS) is 10.4. The second-order valence-corrected chi connectivity index (χ2v) is 5.56. The molecule has 0 radical (unpaired) electrons. The lowest BCUT2D eigenvalue weighted by molar-refractivity contribution is -0.386. The zero-order chi connectivity index (χ0) is 15.6. The van der Waals surface area contributed by atoms with Crippen molar-refractivity contribution in [3.63, 3.8) is 0 Å². The number of aromatic nitrogens is 1. The van der Waals surface area contributed by atoms with Crippen molar-refractivity contribution in [2.24, 2.45) is 0 Å². The molecule has 0 atom stereocenters. The van der Waals surface area contributed by atoms with Gasteiger partial charge in [-0.05, 0) is 18.6 Å². The number of thiophene rings is 1. The number of nitro groups is 1. The molecule has 0 N–H and O–H groups in total. The summed E-state index contributed by atoms with van der Waals surface area (Å²) in [5.74, 6) is -0.416. The fraction of sp³-hybridized carbons (Fsp3) is 0.231. The SMILES string of the molecule is COC(=O)c1cc(Cn2ccc(=O)c([N+](=O)[O-])c2)c(C)s1. The summed E-state index contributed by atoms with van der Waals surface area (Å²) >= 11 is 1.30. The molecule has 2 aromatic rings. The summed E-state index contributed by atoms with van der Waals surface area (Å²) in [7, 11) is 1.31. The van der Waals surface area contributed by atoms with Crippen LogP contribution in [0.25, 0.3) is 0 Å². The highest BCUT2D eigenvalue weighted by atomic mass is 32.1. The van der Waals surface area contributed by atoms with Crippen molar-refractivity contribution < 1.29 is 14.5 Å². The van der Waals surface area contributed by atoms with Gasteiger partial charge in [0.1, 0.15) is 4.88 Å². The second-order valence-electron chi connectivity index (χ2n) is 4.31. The van der Waals surface area contributed by atoms with Crippen LogP contribution in [0.15, 0.2) is 29.3 Å². The summed E-state index contributed by atoms with van der Waals surface area (Å²) in [6.07, 6.45) is 2.67. The molecule has 2 heterocycles. The van der Waals surface area contributed by atoms with Crippen molar-refractivity contribution in [3.8, 4) is 0 Å². The molecule has 7 nitrogen and oxygen atoms in total. The zero-order valence-electron chi connectivity index (χ0n) is 11.4. The Hall–Kier alpha value is -2.48. The van der Waals surface area contributed by atoms with Gasteiger partial charge in [-0.15, -0.1) is 11.3 Å². The molecule has 0 bridgehead atoms. The molecule has 0 amide bonds. The van der Waals surface area contributed by atoms with Crippen molar-refractivity contribution in [1.29, 1.82) is 0 Å². The van der Waals surface area contributed by atoms with E-state index in [9.17, 15) is 19.7 Å². The molecule has 2 rings (SSSR count). The molecule has 0 saturated heterocycles. The third-order valence-corrected chi connectivity index (χ3v) is 3.99. The van der Waals surface area contributed by atoms with Crippen molar-refractivity contribution in [2.45, 2.75) is 13.5 Å². The number of aryl methyl sites for hydroxylation is 1. The Morgan fingerprint density at radius 1 is 1.52 bits per heavy atom. The molecule has 0 aliphatic carbocycles. The van der Waals surface area contributed by atoms with Gasteiger partial charge in [-0.1, -0.05) is 0 Å². The van der Waals surface area contributed by atoms with Crippen LogP contribution in [-0.4, -0.2) is 22.6 Å². The van der Waals surface area contributed by atoms with Crippen molar-refractivity contribution in [1.82, 2.24) is 4.57 Å². The Bertz CT molecular complexity index is 762. The number of methoxy groups -OCH3 is 1. The van der Waals surface area contributed by atoms with Gasteiger partial charge >= 0.3 is 11.7 Å². The Labute approximate surface area is 123 Å². The predicted molar refractivity (Wildman–Crippen MR) is 76.9 cm³/mol. The van der Waals surface area contributed by atoms with Gasteiger partial charge in [0, 0.05) is 23.7 Å². The lowest BCUT2D eigenvalue weighted by Gasteiger charge is -2.05. The van der Waals surface area contributed by atoms with Gasteiger partial charge < -0.3 is 9.30 Å². The Balaban J connectivity index is 2.32.